The molecule has 1 rings (SSSR count). The average molecular weight is 289 g/mol. The van der Waals surface area contributed by atoms with E-state index in [0.717, 1.165) is 12.2 Å². The summed E-state index contributed by atoms with van der Waals surface area (Å²) in [6.07, 6.45) is 7.78. The number of anilines is 1. The fraction of sp³-hybridized carbons (Fsp3) is 0.571. The molecule has 0 spiro atoms. The molecule has 2 N–H and O–H groups in total. The summed E-state index contributed by atoms with van der Waals surface area (Å²) in [7, 11) is 0. The fourth-order valence-electron chi connectivity index (χ4n) is 1.74. The lowest BCUT2D eigenvalue weighted by Crippen LogP contribution is -2.22. The Kier molecular flexibility index (Phi) is 8.23. The standard InChI is InChI=1S/C14H22Cl2N2/c1-2-3-4-5-6-7-10-17-18-14-11-12(15)8-9-13(14)16/h8-9,11,17-18H,2-7,10H2,1H3. The molecule has 1 aromatic rings. The fourth-order valence-corrected chi connectivity index (χ4v) is 2.08. The zero-order chi connectivity index (χ0) is 13.2. The Bertz CT molecular complexity index is 343. The van der Waals surface area contributed by atoms with Gasteiger partial charge >= 0.3 is 0 Å². The van der Waals surface area contributed by atoms with Crippen LogP contribution in [0.15, 0.2) is 18.2 Å². The SMILES string of the molecule is CCCCCCCCNNc1cc(Cl)ccc1Cl. The smallest absolute Gasteiger partial charge is 0.0689 e. The van der Waals surface area contributed by atoms with Crippen molar-refractivity contribution < 1.29 is 0 Å². The Morgan fingerprint density at radius 1 is 1.00 bits per heavy atom. The number of benzene rings is 1. The molecule has 1 aromatic carbocycles. The summed E-state index contributed by atoms with van der Waals surface area (Å²) in [5.41, 5.74) is 7.09. The summed E-state index contributed by atoms with van der Waals surface area (Å²) in [6, 6.07) is 5.39. The van der Waals surface area contributed by atoms with Crippen molar-refractivity contribution in [1.82, 2.24) is 5.43 Å². The van der Waals surface area contributed by atoms with Crippen molar-refractivity contribution in [2.45, 2.75) is 45.4 Å². The second-order valence-corrected chi connectivity index (χ2v) is 5.29. The van der Waals surface area contributed by atoms with Crippen LogP contribution in [0.2, 0.25) is 10.0 Å². The van der Waals surface area contributed by atoms with Gasteiger partial charge in [0.15, 0.2) is 0 Å². The van der Waals surface area contributed by atoms with Crippen LogP contribution in [-0.2, 0) is 0 Å². The number of hydrogen-bond donors (Lipinski definition) is 2. The summed E-state index contributed by atoms with van der Waals surface area (Å²) in [5, 5.41) is 1.36. The summed E-state index contributed by atoms with van der Waals surface area (Å²) in [6.45, 7) is 3.18. The molecule has 0 aliphatic carbocycles. The average Bonchev–Trinajstić information content (AvgIpc) is 2.36. The maximum Gasteiger partial charge on any atom is 0.0689 e. The first-order valence-electron chi connectivity index (χ1n) is 6.68. The molecule has 18 heavy (non-hydrogen) atoms. The second-order valence-electron chi connectivity index (χ2n) is 4.44. The molecule has 0 radical (unpaired) electrons. The first-order valence-corrected chi connectivity index (χ1v) is 7.43. The van der Waals surface area contributed by atoms with Gasteiger partial charge in [0.05, 0.1) is 10.7 Å². The zero-order valence-corrected chi connectivity index (χ0v) is 12.4. The Morgan fingerprint density at radius 3 is 2.50 bits per heavy atom. The van der Waals surface area contributed by atoms with E-state index in [-0.39, 0.29) is 0 Å². The summed E-state index contributed by atoms with van der Waals surface area (Å²) < 4.78 is 0. The molecular formula is C14H22Cl2N2. The number of nitrogens with one attached hydrogen (secondary N) is 2. The van der Waals surface area contributed by atoms with Crippen molar-refractivity contribution in [3.63, 3.8) is 0 Å². The topological polar surface area (TPSA) is 24.1 Å². The molecule has 0 fully saturated rings. The Hall–Kier alpha value is -0.440. The Labute approximate surface area is 120 Å². The van der Waals surface area contributed by atoms with Crippen LogP contribution in [0, 0.1) is 0 Å². The van der Waals surface area contributed by atoms with Crippen LogP contribution < -0.4 is 10.9 Å². The van der Waals surface area contributed by atoms with Crippen molar-refractivity contribution in [3.05, 3.63) is 28.2 Å². The minimum absolute atomic E-state index is 0.676. The Morgan fingerprint density at radius 2 is 1.72 bits per heavy atom. The monoisotopic (exact) mass is 288 g/mol. The lowest BCUT2D eigenvalue weighted by Gasteiger charge is -2.10. The van der Waals surface area contributed by atoms with Gasteiger partial charge in [-0.25, -0.2) is 5.43 Å². The van der Waals surface area contributed by atoms with E-state index in [1.54, 1.807) is 12.1 Å². The minimum atomic E-state index is 0.676. The normalized spacial score (nSPS) is 10.6. The van der Waals surface area contributed by atoms with Gasteiger partial charge in [0.25, 0.3) is 0 Å². The van der Waals surface area contributed by atoms with Crippen molar-refractivity contribution in [1.29, 1.82) is 0 Å². The van der Waals surface area contributed by atoms with Crippen LogP contribution in [0.1, 0.15) is 45.4 Å². The van der Waals surface area contributed by atoms with Crippen molar-refractivity contribution in [2.24, 2.45) is 0 Å². The van der Waals surface area contributed by atoms with E-state index in [4.69, 9.17) is 23.2 Å². The molecule has 2 nitrogen and oxygen atoms in total. The van der Waals surface area contributed by atoms with Gasteiger partial charge in [0.1, 0.15) is 0 Å². The zero-order valence-electron chi connectivity index (χ0n) is 10.9. The molecule has 0 aliphatic rings. The highest BCUT2D eigenvalue weighted by Crippen LogP contribution is 2.24. The van der Waals surface area contributed by atoms with Crippen LogP contribution in [0.3, 0.4) is 0 Å². The van der Waals surface area contributed by atoms with Gasteiger partial charge in [-0.3, -0.25) is 0 Å². The molecule has 0 amide bonds. The van der Waals surface area contributed by atoms with Gasteiger partial charge in [-0.05, 0) is 24.6 Å². The third-order valence-electron chi connectivity index (χ3n) is 2.81. The molecular weight excluding hydrogens is 267 g/mol. The van der Waals surface area contributed by atoms with Crippen LogP contribution in [0.5, 0.6) is 0 Å². The first kappa shape index (κ1) is 15.6. The summed E-state index contributed by atoms with van der Waals surface area (Å²) in [5.74, 6) is 0. The van der Waals surface area contributed by atoms with Gasteiger partial charge in [0, 0.05) is 11.6 Å². The highest BCUT2D eigenvalue weighted by atomic mass is 35.5. The first-order chi connectivity index (χ1) is 8.74. The Balaban J connectivity index is 2.09. The van der Waals surface area contributed by atoms with Crippen molar-refractivity contribution >= 4 is 28.9 Å². The van der Waals surface area contributed by atoms with Crippen LogP contribution in [-0.4, -0.2) is 6.54 Å². The molecule has 0 saturated heterocycles. The van der Waals surface area contributed by atoms with E-state index in [1.165, 1.54) is 38.5 Å². The molecule has 0 atom stereocenters. The number of rotatable bonds is 9. The van der Waals surface area contributed by atoms with Crippen molar-refractivity contribution in [2.75, 3.05) is 12.0 Å². The molecule has 0 aromatic heterocycles. The predicted molar refractivity (Wildman–Crippen MR) is 81.5 cm³/mol. The molecule has 102 valence electrons. The molecule has 0 aliphatic heterocycles. The minimum Gasteiger partial charge on any atom is -0.320 e. The quantitative estimate of drug-likeness (QED) is 0.478. The molecule has 4 heteroatoms. The van der Waals surface area contributed by atoms with Gasteiger partial charge in [-0.2, -0.15) is 0 Å². The van der Waals surface area contributed by atoms with E-state index in [1.807, 2.05) is 6.07 Å². The van der Waals surface area contributed by atoms with E-state index in [0.29, 0.717) is 10.0 Å². The number of hydrogen-bond acceptors (Lipinski definition) is 2. The highest BCUT2D eigenvalue weighted by Gasteiger charge is 1.99. The molecule has 0 heterocycles. The third kappa shape index (κ3) is 6.48. The van der Waals surface area contributed by atoms with Crippen LogP contribution in [0.4, 0.5) is 5.69 Å². The lowest BCUT2D eigenvalue weighted by atomic mass is 10.1. The summed E-state index contributed by atoms with van der Waals surface area (Å²) in [4.78, 5) is 0. The van der Waals surface area contributed by atoms with E-state index >= 15 is 0 Å². The maximum absolute atomic E-state index is 6.03. The third-order valence-corrected chi connectivity index (χ3v) is 3.37. The molecule has 0 saturated carbocycles. The van der Waals surface area contributed by atoms with Gasteiger partial charge in [-0.1, -0.05) is 62.2 Å². The van der Waals surface area contributed by atoms with E-state index in [9.17, 15) is 0 Å². The largest absolute Gasteiger partial charge is 0.320 e. The molecule has 0 unspecified atom stereocenters. The second kappa shape index (κ2) is 9.48. The molecule has 0 bridgehead atoms. The van der Waals surface area contributed by atoms with Crippen LogP contribution >= 0.6 is 23.2 Å². The number of halogens is 2. The van der Waals surface area contributed by atoms with Crippen LogP contribution in [0.25, 0.3) is 0 Å². The van der Waals surface area contributed by atoms with Crippen molar-refractivity contribution in [3.8, 4) is 0 Å². The van der Waals surface area contributed by atoms with Gasteiger partial charge < -0.3 is 5.43 Å². The highest BCUT2D eigenvalue weighted by molar-refractivity contribution is 6.35. The van der Waals surface area contributed by atoms with Gasteiger partial charge in [0.2, 0.25) is 0 Å². The van der Waals surface area contributed by atoms with E-state index in [2.05, 4.69) is 17.8 Å². The number of hydrazine groups is 1. The van der Waals surface area contributed by atoms with Gasteiger partial charge in [-0.15, -0.1) is 0 Å². The maximum atomic E-state index is 6.03. The summed E-state index contributed by atoms with van der Waals surface area (Å²) >= 11 is 11.9. The predicted octanol–water partition coefficient (Wildman–Crippen LogP) is 5.27. The lowest BCUT2D eigenvalue weighted by molar-refractivity contribution is 0.591. The van der Waals surface area contributed by atoms with E-state index < -0.39 is 0 Å². The number of unbranched alkanes of at least 4 members (excludes halogenated alkanes) is 5.